The second-order valence-electron chi connectivity index (χ2n) is 1.78. The predicted molar refractivity (Wildman–Crippen MR) is 52.7 cm³/mol. The van der Waals surface area contributed by atoms with Crippen LogP contribution in [0.4, 0.5) is 0 Å². The van der Waals surface area contributed by atoms with Crippen LogP contribution in [-0.2, 0) is 8.85 Å². The highest BCUT2D eigenvalue weighted by Crippen LogP contribution is 1.81. The van der Waals surface area contributed by atoms with Crippen molar-refractivity contribution in [2.75, 3.05) is 13.2 Å². The summed E-state index contributed by atoms with van der Waals surface area (Å²) < 4.78 is 10.2. The van der Waals surface area contributed by atoms with Gasteiger partial charge in [-0.1, -0.05) is 13.8 Å². The standard InChI is InChI=1S/C6H14O2Si.2ClH/c1-3-5-7-9-8-6-4-2;;/h3-6H2,1-2H3;2*1H. The Morgan fingerprint density at radius 1 is 0.909 bits per heavy atom. The SMILES string of the molecule is CCCO[Si]OCCC.Cl.Cl. The van der Waals surface area contributed by atoms with Gasteiger partial charge in [-0.3, -0.25) is 0 Å². The van der Waals surface area contributed by atoms with Crippen LogP contribution >= 0.6 is 24.8 Å². The van der Waals surface area contributed by atoms with Gasteiger partial charge in [-0.2, -0.15) is 0 Å². The first-order valence-electron chi connectivity index (χ1n) is 3.40. The van der Waals surface area contributed by atoms with Gasteiger partial charge in [-0.05, 0) is 12.8 Å². The molecule has 0 heterocycles. The average Bonchev–Trinajstić information content (AvgIpc) is 1.89. The molecule has 0 N–H and O–H groups in total. The lowest BCUT2D eigenvalue weighted by Gasteiger charge is -1.98. The van der Waals surface area contributed by atoms with E-state index in [1.54, 1.807) is 0 Å². The largest absolute Gasteiger partial charge is 0.433 e. The lowest BCUT2D eigenvalue weighted by molar-refractivity contribution is 0.222. The van der Waals surface area contributed by atoms with E-state index in [1.165, 1.54) is 0 Å². The van der Waals surface area contributed by atoms with Gasteiger partial charge in [0.1, 0.15) is 0 Å². The number of hydrogen-bond donors (Lipinski definition) is 0. The Kier molecular flexibility index (Phi) is 27.4. The zero-order valence-corrected chi connectivity index (χ0v) is 9.59. The van der Waals surface area contributed by atoms with E-state index in [0.717, 1.165) is 26.1 Å². The second-order valence-corrected chi connectivity index (χ2v) is 2.52. The third-order valence-electron chi connectivity index (χ3n) is 0.730. The molecule has 70 valence electrons. The summed E-state index contributed by atoms with van der Waals surface area (Å²) in [5, 5.41) is 0. The Labute approximate surface area is 83.9 Å². The molecule has 0 bridgehead atoms. The van der Waals surface area contributed by atoms with E-state index in [-0.39, 0.29) is 34.8 Å². The highest BCUT2D eigenvalue weighted by atomic mass is 35.5. The predicted octanol–water partition coefficient (Wildman–Crippen LogP) is 2.22. The molecule has 0 aliphatic heterocycles. The Morgan fingerprint density at radius 3 is 1.55 bits per heavy atom. The summed E-state index contributed by atoms with van der Waals surface area (Å²) in [6.45, 7) is 5.82. The van der Waals surface area contributed by atoms with Crippen LogP contribution < -0.4 is 0 Å². The molecule has 0 amide bonds. The average molecular weight is 219 g/mol. The summed E-state index contributed by atoms with van der Waals surface area (Å²) in [4.78, 5) is 0. The van der Waals surface area contributed by atoms with Crippen molar-refractivity contribution in [3.63, 3.8) is 0 Å². The van der Waals surface area contributed by atoms with Crippen LogP contribution in [0.2, 0.25) is 0 Å². The van der Waals surface area contributed by atoms with Crippen LogP contribution in [0.5, 0.6) is 0 Å². The van der Waals surface area contributed by atoms with E-state index in [2.05, 4.69) is 13.8 Å². The van der Waals surface area contributed by atoms with Gasteiger partial charge in [-0.15, -0.1) is 24.8 Å². The van der Waals surface area contributed by atoms with E-state index in [0.29, 0.717) is 0 Å². The van der Waals surface area contributed by atoms with Crippen LogP contribution in [0, 0.1) is 0 Å². The normalized spacial score (nSPS) is 8.18. The fraction of sp³-hybridized carbons (Fsp3) is 1.00. The molecule has 0 saturated heterocycles. The monoisotopic (exact) mass is 218 g/mol. The Hall–Kier alpha value is 0.717. The zero-order chi connectivity index (χ0) is 6.95. The molecule has 11 heavy (non-hydrogen) atoms. The van der Waals surface area contributed by atoms with Crippen molar-refractivity contribution < 1.29 is 8.85 Å². The maximum Gasteiger partial charge on any atom is 0.433 e. The minimum atomic E-state index is 0. The van der Waals surface area contributed by atoms with Crippen molar-refractivity contribution >= 4 is 34.8 Å². The van der Waals surface area contributed by atoms with Gasteiger partial charge in [0.25, 0.3) is 0 Å². The quantitative estimate of drug-likeness (QED) is 0.503. The Balaban J connectivity index is -0.000000320. The number of hydrogen-bond acceptors (Lipinski definition) is 2. The molecule has 0 rings (SSSR count). The zero-order valence-electron chi connectivity index (χ0n) is 6.96. The molecule has 0 atom stereocenters. The van der Waals surface area contributed by atoms with E-state index < -0.39 is 0 Å². The second kappa shape index (κ2) is 17.0. The minimum Gasteiger partial charge on any atom is -0.393 e. The fourth-order valence-electron chi connectivity index (χ4n) is 0.329. The van der Waals surface area contributed by atoms with Gasteiger partial charge in [0, 0.05) is 13.2 Å². The summed E-state index contributed by atoms with van der Waals surface area (Å²) in [7, 11) is 0.246. The molecule has 2 radical (unpaired) electrons. The lowest BCUT2D eigenvalue weighted by Crippen LogP contribution is -2.05. The van der Waals surface area contributed by atoms with Gasteiger partial charge >= 0.3 is 10.0 Å². The molecule has 0 saturated carbocycles. The summed E-state index contributed by atoms with van der Waals surface area (Å²) in [5.41, 5.74) is 0. The van der Waals surface area contributed by atoms with Crippen molar-refractivity contribution in [1.82, 2.24) is 0 Å². The first kappa shape index (κ1) is 17.7. The van der Waals surface area contributed by atoms with Crippen LogP contribution in [0.1, 0.15) is 26.7 Å². The first-order chi connectivity index (χ1) is 4.41. The molecule has 0 aromatic heterocycles. The van der Waals surface area contributed by atoms with Crippen LogP contribution in [-0.4, -0.2) is 23.2 Å². The van der Waals surface area contributed by atoms with Crippen molar-refractivity contribution in [2.24, 2.45) is 0 Å². The van der Waals surface area contributed by atoms with E-state index in [4.69, 9.17) is 8.85 Å². The van der Waals surface area contributed by atoms with Crippen LogP contribution in [0.3, 0.4) is 0 Å². The number of halogens is 2. The summed E-state index contributed by atoms with van der Waals surface area (Å²) in [6.07, 6.45) is 2.14. The molecule has 0 aromatic rings. The maximum absolute atomic E-state index is 5.09. The molecular formula is C6H16Cl2O2Si. The van der Waals surface area contributed by atoms with Crippen molar-refractivity contribution in [1.29, 1.82) is 0 Å². The fourth-order valence-corrected chi connectivity index (χ4v) is 0.987. The van der Waals surface area contributed by atoms with Gasteiger partial charge in [-0.25, -0.2) is 0 Å². The van der Waals surface area contributed by atoms with Crippen LogP contribution in [0.15, 0.2) is 0 Å². The molecule has 2 nitrogen and oxygen atoms in total. The summed E-state index contributed by atoms with van der Waals surface area (Å²) >= 11 is 0. The smallest absolute Gasteiger partial charge is 0.393 e. The van der Waals surface area contributed by atoms with Crippen molar-refractivity contribution in [3.8, 4) is 0 Å². The van der Waals surface area contributed by atoms with Gasteiger partial charge in [0.15, 0.2) is 0 Å². The summed E-state index contributed by atoms with van der Waals surface area (Å²) in [6, 6.07) is 0. The Morgan fingerprint density at radius 2 is 1.27 bits per heavy atom. The maximum atomic E-state index is 5.09. The van der Waals surface area contributed by atoms with E-state index in [9.17, 15) is 0 Å². The molecule has 0 spiro atoms. The van der Waals surface area contributed by atoms with Gasteiger partial charge in [0.05, 0.1) is 0 Å². The lowest BCUT2D eigenvalue weighted by atomic mass is 10.5. The van der Waals surface area contributed by atoms with Crippen molar-refractivity contribution in [2.45, 2.75) is 26.7 Å². The third-order valence-corrected chi connectivity index (χ3v) is 1.37. The molecular weight excluding hydrogens is 203 g/mol. The van der Waals surface area contributed by atoms with E-state index >= 15 is 0 Å². The first-order valence-corrected chi connectivity index (χ1v) is 4.22. The minimum absolute atomic E-state index is 0. The molecule has 0 unspecified atom stereocenters. The van der Waals surface area contributed by atoms with Gasteiger partial charge in [0.2, 0.25) is 0 Å². The topological polar surface area (TPSA) is 18.5 Å². The molecule has 5 heteroatoms. The summed E-state index contributed by atoms with van der Waals surface area (Å²) in [5.74, 6) is 0. The van der Waals surface area contributed by atoms with Crippen molar-refractivity contribution in [3.05, 3.63) is 0 Å². The molecule has 0 fully saturated rings. The Bertz CT molecular complexity index is 51.8. The number of rotatable bonds is 6. The van der Waals surface area contributed by atoms with E-state index in [1.807, 2.05) is 0 Å². The molecule has 0 aliphatic carbocycles. The highest BCUT2D eigenvalue weighted by Gasteiger charge is 1.88. The third kappa shape index (κ3) is 18.0. The van der Waals surface area contributed by atoms with Crippen LogP contribution in [0.25, 0.3) is 0 Å². The molecule has 0 aromatic carbocycles. The van der Waals surface area contributed by atoms with Gasteiger partial charge < -0.3 is 8.85 Å². The molecule has 0 aliphatic rings. The highest BCUT2D eigenvalue weighted by molar-refractivity contribution is 6.17.